The van der Waals surface area contributed by atoms with Crippen molar-refractivity contribution < 1.29 is 24.5 Å². The molecule has 2 rings (SSSR count). The quantitative estimate of drug-likeness (QED) is 0.254. The second kappa shape index (κ2) is 8.02. The van der Waals surface area contributed by atoms with Crippen LogP contribution >= 0.6 is 0 Å². The zero-order valence-corrected chi connectivity index (χ0v) is 16.8. The van der Waals surface area contributed by atoms with Crippen molar-refractivity contribution in [3.05, 3.63) is 35.5 Å². The number of aliphatic hydroxyl groups is 2. The summed E-state index contributed by atoms with van der Waals surface area (Å²) in [6.45, 7) is 9.88. The highest BCUT2D eigenvalue weighted by atomic mass is 16.6. The predicted octanol–water partition coefficient (Wildman–Crippen LogP) is 2.68. The molecule has 0 spiro atoms. The number of fused-ring (bicyclic) bond motifs is 1. The maximum absolute atomic E-state index is 12.3. The van der Waals surface area contributed by atoms with Crippen molar-refractivity contribution in [2.75, 3.05) is 13.2 Å². The van der Waals surface area contributed by atoms with Gasteiger partial charge >= 0.3 is 5.97 Å². The Morgan fingerprint density at radius 1 is 1.33 bits per heavy atom. The summed E-state index contributed by atoms with van der Waals surface area (Å²) in [4.78, 5) is 12.3. The normalized spacial score (nSPS) is 32.5. The lowest BCUT2D eigenvalue weighted by atomic mass is 9.63. The van der Waals surface area contributed by atoms with Crippen LogP contribution in [0.2, 0.25) is 0 Å². The minimum Gasteiger partial charge on any atom is -0.462 e. The molecule has 1 saturated heterocycles. The minimum absolute atomic E-state index is 0.0752. The summed E-state index contributed by atoms with van der Waals surface area (Å²) in [5, 5.41) is 19.0. The number of carbonyl (C=O) groups is 1. The van der Waals surface area contributed by atoms with Crippen LogP contribution in [0.4, 0.5) is 0 Å². The molecule has 1 heterocycles. The number of hydrogen-bond donors (Lipinski definition) is 2. The Bertz CT molecular complexity index is 734. The lowest BCUT2D eigenvalue weighted by Crippen LogP contribution is -2.46. The highest BCUT2D eigenvalue weighted by Crippen LogP contribution is 2.66. The highest BCUT2D eigenvalue weighted by molar-refractivity contribution is 5.92. The molecule has 3 atom stereocenters. The van der Waals surface area contributed by atoms with Gasteiger partial charge in [0, 0.05) is 17.9 Å². The van der Waals surface area contributed by atoms with Crippen LogP contribution in [0.3, 0.4) is 0 Å². The van der Waals surface area contributed by atoms with E-state index in [1.165, 1.54) is 6.08 Å². The van der Waals surface area contributed by atoms with Crippen LogP contribution in [-0.4, -0.2) is 46.7 Å². The molecule has 0 aromatic carbocycles. The number of hydrogen-bond acceptors (Lipinski definition) is 5. The van der Waals surface area contributed by atoms with Gasteiger partial charge in [-0.2, -0.15) is 0 Å². The topological polar surface area (TPSA) is 79.3 Å². The van der Waals surface area contributed by atoms with Crippen LogP contribution in [0.15, 0.2) is 35.5 Å². The van der Waals surface area contributed by atoms with E-state index in [0.29, 0.717) is 18.4 Å². The predicted molar refractivity (Wildman–Crippen MR) is 104 cm³/mol. The van der Waals surface area contributed by atoms with E-state index < -0.39 is 17.2 Å². The summed E-state index contributed by atoms with van der Waals surface area (Å²) in [6, 6.07) is 0. The molecule has 1 saturated carbocycles. The van der Waals surface area contributed by atoms with Crippen LogP contribution < -0.4 is 0 Å². The van der Waals surface area contributed by atoms with Gasteiger partial charge in [-0.3, -0.25) is 0 Å². The van der Waals surface area contributed by atoms with Gasteiger partial charge in [-0.05, 0) is 51.0 Å². The molecular weight excluding hydrogens is 344 g/mol. The number of ether oxygens (including phenoxy) is 2. The molecule has 27 heavy (non-hydrogen) atoms. The third-order valence-electron chi connectivity index (χ3n) is 5.41. The van der Waals surface area contributed by atoms with Crippen molar-refractivity contribution in [1.29, 1.82) is 0 Å². The Hall–Kier alpha value is -1.87. The fourth-order valence-corrected chi connectivity index (χ4v) is 4.09. The van der Waals surface area contributed by atoms with E-state index in [-0.39, 0.29) is 24.7 Å². The number of allylic oxidation sites excluding steroid dienone is 2. The monoisotopic (exact) mass is 374 g/mol. The number of carbonyl (C=O) groups excluding carboxylic acids is 1. The lowest BCUT2D eigenvalue weighted by Gasteiger charge is -2.39. The third kappa shape index (κ3) is 4.35. The highest BCUT2D eigenvalue weighted by Gasteiger charge is 2.74. The zero-order valence-electron chi connectivity index (χ0n) is 16.8. The van der Waals surface area contributed by atoms with Gasteiger partial charge in [0.2, 0.25) is 0 Å². The van der Waals surface area contributed by atoms with E-state index in [0.717, 1.165) is 5.57 Å². The SMILES string of the molecule is CCOC(=O)C(=C\C#C/C(C)=C/CO)/C=C/[C@@]12O[C@]1(C)C[C@@H](O)CC2(C)C. The van der Waals surface area contributed by atoms with E-state index in [4.69, 9.17) is 14.6 Å². The van der Waals surface area contributed by atoms with Crippen LogP contribution in [0.25, 0.3) is 0 Å². The first-order valence-corrected chi connectivity index (χ1v) is 9.35. The van der Waals surface area contributed by atoms with Crippen molar-refractivity contribution in [2.45, 2.75) is 64.8 Å². The summed E-state index contributed by atoms with van der Waals surface area (Å²) in [6.07, 6.45) is 7.56. The molecule has 148 valence electrons. The standard InChI is InChI=1S/C22H30O5/c1-6-26-19(25)17(9-7-8-16(2)11-13-23)10-12-22-20(3,4)14-18(24)15-21(22,5)27-22/h9-12,18,23-24H,6,13-15H2,1-5H3/b12-10+,16-11+,17-9-/t18-,21+,22-/m0/s1. The van der Waals surface area contributed by atoms with E-state index in [1.807, 2.05) is 13.0 Å². The molecule has 5 heteroatoms. The second-order valence-electron chi connectivity index (χ2n) is 8.01. The molecule has 1 aliphatic carbocycles. The summed E-state index contributed by atoms with van der Waals surface area (Å²) in [5.41, 5.74) is -0.154. The molecule has 2 N–H and O–H groups in total. The molecular formula is C22H30O5. The fourth-order valence-electron chi connectivity index (χ4n) is 4.09. The van der Waals surface area contributed by atoms with E-state index in [1.54, 1.807) is 26.0 Å². The molecule has 0 amide bonds. The van der Waals surface area contributed by atoms with Crippen molar-refractivity contribution in [2.24, 2.45) is 5.41 Å². The summed E-state index contributed by atoms with van der Waals surface area (Å²) in [7, 11) is 0. The van der Waals surface area contributed by atoms with Crippen LogP contribution in [0.1, 0.15) is 47.5 Å². The Morgan fingerprint density at radius 2 is 2.04 bits per heavy atom. The zero-order chi connectivity index (χ0) is 20.3. The first-order valence-electron chi connectivity index (χ1n) is 9.35. The molecule has 0 radical (unpaired) electrons. The maximum Gasteiger partial charge on any atom is 0.338 e. The lowest BCUT2D eigenvalue weighted by molar-refractivity contribution is -0.138. The molecule has 0 bridgehead atoms. The molecule has 0 aromatic rings. The first kappa shape index (κ1) is 21.4. The fraction of sp³-hybridized carbons (Fsp3) is 0.591. The molecule has 2 fully saturated rings. The van der Waals surface area contributed by atoms with Crippen LogP contribution in [0.5, 0.6) is 0 Å². The summed E-state index contributed by atoms with van der Waals surface area (Å²) < 4.78 is 11.2. The van der Waals surface area contributed by atoms with Gasteiger partial charge in [-0.1, -0.05) is 25.7 Å². The summed E-state index contributed by atoms with van der Waals surface area (Å²) >= 11 is 0. The maximum atomic E-state index is 12.3. The van der Waals surface area contributed by atoms with E-state index >= 15 is 0 Å². The molecule has 2 aliphatic rings. The number of epoxide rings is 1. The van der Waals surface area contributed by atoms with Gasteiger partial charge in [0.15, 0.2) is 0 Å². The van der Waals surface area contributed by atoms with E-state index in [9.17, 15) is 9.90 Å². The van der Waals surface area contributed by atoms with Crippen molar-refractivity contribution >= 4 is 5.97 Å². The Labute approximate surface area is 161 Å². The summed E-state index contributed by atoms with van der Waals surface area (Å²) in [5.74, 6) is 5.26. The van der Waals surface area contributed by atoms with Gasteiger partial charge in [0.25, 0.3) is 0 Å². The van der Waals surface area contributed by atoms with Crippen molar-refractivity contribution in [1.82, 2.24) is 0 Å². The molecule has 0 unspecified atom stereocenters. The number of aliphatic hydroxyl groups excluding tert-OH is 2. The van der Waals surface area contributed by atoms with Gasteiger partial charge in [0.1, 0.15) is 11.2 Å². The number of esters is 1. The molecule has 0 aromatic heterocycles. The second-order valence-corrected chi connectivity index (χ2v) is 8.01. The van der Waals surface area contributed by atoms with Gasteiger partial charge in [-0.15, -0.1) is 0 Å². The average molecular weight is 374 g/mol. The number of rotatable bonds is 5. The first-order chi connectivity index (χ1) is 12.6. The largest absolute Gasteiger partial charge is 0.462 e. The average Bonchev–Trinajstić information content (AvgIpc) is 3.16. The molecule has 1 aliphatic heterocycles. The van der Waals surface area contributed by atoms with Crippen molar-refractivity contribution in [3.63, 3.8) is 0 Å². The smallest absolute Gasteiger partial charge is 0.338 e. The third-order valence-corrected chi connectivity index (χ3v) is 5.41. The van der Waals surface area contributed by atoms with Crippen LogP contribution in [0, 0.1) is 17.3 Å². The Balaban J connectivity index is 2.30. The van der Waals surface area contributed by atoms with Gasteiger partial charge in [-0.25, -0.2) is 4.79 Å². The van der Waals surface area contributed by atoms with Crippen LogP contribution in [-0.2, 0) is 14.3 Å². The molecule has 5 nitrogen and oxygen atoms in total. The Kier molecular flexibility index (Phi) is 6.36. The van der Waals surface area contributed by atoms with Gasteiger partial charge in [0.05, 0.1) is 24.9 Å². The Morgan fingerprint density at radius 3 is 2.63 bits per heavy atom. The van der Waals surface area contributed by atoms with Gasteiger partial charge < -0.3 is 19.7 Å². The van der Waals surface area contributed by atoms with E-state index in [2.05, 4.69) is 25.7 Å². The minimum atomic E-state index is -0.523. The van der Waals surface area contributed by atoms with Crippen molar-refractivity contribution in [3.8, 4) is 11.8 Å².